The van der Waals surface area contributed by atoms with Gasteiger partial charge in [-0.2, -0.15) is 0 Å². The second-order valence-corrected chi connectivity index (χ2v) is 6.08. The zero-order chi connectivity index (χ0) is 12.5. The van der Waals surface area contributed by atoms with Gasteiger partial charge in [-0.05, 0) is 55.8 Å². The predicted molar refractivity (Wildman–Crippen MR) is 73.8 cm³/mol. The summed E-state index contributed by atoms with van der Waals surface area (Å²) in [6, 6.07) is 8.66. The van der Waals surface area contributed by atoms with Crippen LogP contribution >= 0.6 is 0 Å². The Morgan fingerprint density at radius 1 is 1.22 bits per heavy atom. The molecule has 18 heavy (non-hydrogen) atoms. The zero-order valence-electron chi connectivity index (χ0n) is 11.2. The van der Waals surface area contributed by atoms with Gasteiger partial charge < -0.3 is 10.0 Å². The van der Waals surface area contributed by atoms with E-state index in [9.17, 15) is 5.11 Å². The lowest BCUT2D eigenvalue weighted by molar-refractivity contribution is 0.0703. The Morgan fingerprint density at radius 2 is 2.06 bits per heavy atom. The molecule has 2 fully saturated rings. The first-order chi connectivity index (χ1) is 8.74. The largest absolute Gasteiger partial charge is 0.508 e. The number of hydrogen-bond acceptors (Lipinski definition) is 2. The summed E-state index contributed by atoms with van der Waals surface area (Å²) < 4.78 is 0. The van der Waals surface area contributed by atoms with Crippen molar-refractivity contribution < 1.29 is 5.11 Å². The van der Waals surface area contributed by atoms with Crippen LogP contribution in [-0.2, 0) is 0 Å². The number of rotatable bonds is 1. The highest BCUT2D eigenvalue weighted by Gasteiger charge is 2.35. The van der Waals surface area contributed by atoms with E-state index in [4.69, 9.17) is 0 Å². The molecule has 1 aliphatic heterocycles. The maximum atomic E-state index is 9.63. The highest BCUT2D eigenvalue weighted by molar-refractivity contribution is 5.30. The number of piperidine rings is 1. The number of benzene rings is 1. The van der Waals surface area contributed by atoms with E-state index >= 15 is 0 Å². The van der Waals surface area contributed by atoms with Gasteiger partial charge in [0.15, 0.2) is 0 Å². The summed E-state index contributed by atoms with van der Waals surface area (Å²) in [6.45, 7) is 1.14. The highest BCUT2D eigenvalue weighted by Crippen LogP contribution is 2.40. The van der Waals surface area contributed by atoms with Crippen LogP contribution in [0, 0.1) is 5.92 Å². The van der Waals surface area contributed by atoms with Gasteiger partial charge in [0, 0.05) is 12.6 Å². The van der Waals surface area contributed by atoms with Crippen molar-refractivity contribution in [1.82, 2.24) is 4.90 Å². The van der Waals surface area contributed by atoms with Gasteiger partial charge in [-0.25, -0.2) is 0 Å². The third kappa shape index (κ3) is 2.26. The summed E-state index contributed by atoms with van der Waals surface area (Å²) in [4.78, 5) is 2.56. The maximum absolute atomic E-state index is 9.63. The lowest BCUT2D eigenvalue weighted by atomic mass is 9.73. The van der Waals surface area contributed by atoms with E-state index in [1.165, 1.54) is 37.7 Å². The topological polar surface area (TPSA) is 23.5 Å². The SMILES string of the molecule is CN1CC(c2cccc(O)c2)CC2CCCCC21. The molecule has 1 aromatic carbocycles. The number of aromatic hydroxyl groups is 1. The van der Waals surface area contributed by atoms with Gasteiger partial charge in [0.05, 0.1) is 0 Å². The molecule has 2 nitrogen and oxygen atoms in total. The first-order valence-electron chi connectivity index (χ1n) is 7.23. The Morgan fingerprint density at radius 3 is 2.89 bits per heavy atom. The fraction of sp³-hybridized carbons (Fsp3) is 0.625. The van der Waals surface area contributed by atoms with Crippen LogP contribution in [0.5, 0.6) is 5.75 Å². The second kappa shape index (κ2) is 4.93. The lowest BCUT2D eigenvalue weighted by Gasteiger charge is -2.45. The minimum Gasteiger partial charge on any atom is -0.508 e. The van der Waals surface area contributed by atoms with E-state index in [0.717, 1.165) is 18.5 Å². The van der Waals surface area contributed by atoms with Crippen LogP contribution in [0.1, 0.15) is 43.6 Å². The zero-order valence-corrected chi connectivity index (χ0v) is 11.2. The molecule has 2 heteroatoms. The average Bonchev–Trinajstić information content (AvgIpc) is 2.39. The third-order valence-corrected chi connectivity index (χ3v) is 4.87. The Balaban J connectivity index is 1.78. The molecule has 1 heterocycles. The summed E-state index contributed by atoms with van der Waals surface area (Å²) in [5.74, 6) is 1.87. The van der Waals surface area contributed by atoms with Crippen molar-refractivity contribution >= 4 is 0 Å². The maximum Gasteiger partial charge on any atom is 0.115 e. The van der Waals surface area contributed by atoms with E-state index in [2.05, 4.69) is 18.0 Å². The molecule has 0 bridgehead atoms. The minimum absolute atomic E-state index is 0.404. The van der Waals surface area contributed by atoms with Crippen LogP contribution in [0.15, 0.2) is 24.3 Å². The van der Waals surface area contributed by atoms with Crippen LogP contribution in [0.3, 0.4) is 0 Å². The fourth-order valence-electron chi connectivity index (χ4n) is 3.99. The molecule has 3 atom stereocenters. The second-order valence-electron chi connectivity index (χ2n) is 6.08. The molecule has 1 aromatic rings. The Bertz CT molecular complexity index is 417. The van der Waals surface area contributed by atoms with Crippen LogP contribution in [0.4, 0.5) is 0 Å². The molecule has 98 valence electrons. The Kier molecular flexibility index (Phi) is 3.29. The third-order valence-electron chi connectivity index (χ3n) is 4.87. The number of phenols is 1. The van der Waals surface area contributed by atoms with Gasteiger partial charge in [0.2, 0.25) is 0 Å². The Hall–Kier alpha value is -1.02. The van der Waals surface area contributed by atoms with Crippen molar-refractivity contribution in [3.63, 3.8) is 0 Å². The van der Waals surface area contributed by atoms with Gasteiger partial charge in [-0.15, -0.1) is 0 Å². The molecule has 1 saturated carbocycles. The van der Waals surface area contributed by atoms with Crippen molar-refractivity contribution in [3.8, 4) is 5.75 Å². The highest BCUT2D eigenvalue weighted by atomic mass is 16.3. The van der Waals surface area contributed by atoms with Crippen LogP contribution in [0.2, 0.25) is 0 Å². The van der Waals surface area contributed by atoms with Crippen molar-refractivity contribution in [2.45, 2.75) is 44.1 Å². The Labute approximate surface area is 110 Å². The van der Waals surface area contributed by atoms with E-state index in [1.807, 2.05) is 12.1 Å². The van der Waals surface area contributed by atoms with E-state index in [0.29, 0.717) is 11.7 Å². The first kappa shape index (κ1) is 12.0. The molecule has 0 spiro atoms. The number of fused-ring (bicyclic) bond motifs is 1. The molecule has 1 saturated heterocycles. The average molecular weight is 245 g/mol. The number of phenolic OH excluding ortho intramolecular Hbond substituents is 1. The number of likely N-dealkylation sites (N-methyl/N-ethyl adjacent to an activating group) is 1. The first-order valence-corrected chi connectivity index (χ1v) is 7.23. The van der Waals surface area contributed by atoms with Gasteiger partial charge in [-0.3, -0.25) is 0 Å². The van der Waals surface area contributed by atoms with Crippen molar-refractivity contribution in [1.29, 1.82) is 0 Å². The van der Waals surface area contributed by atoms with Crippen LogP contribution in [0.25, 0.3) is 0 Å². The summed E-state index contributed by atoms with van der Waals surface area (Å²) in [6.07, 6.45) is 6.89. The van der Waals surface area contributed by atoms with Crippen LogP contribution < -0.4 is 0 Å². The van der Waals surface area contributed by atoms with Crippen LogP contribution in [-0.4, -0.2) is 29.6 Å². The fourth-order valence-corrected chi connectivity index (χ4v) is 3.99. The molecule has 1 aliphatic carbocycles. The molecule has 0 radical (unpaired) electrons. The molecule has 2 aliphatic rings. The monoisotopic (exact) mass is 245 g/mol. The standard InChI is InChI=1S/C16H23NO/c1-17-11-14(12-6-4-7-15(18)10-12)9-13-5-2-3-8-16(13)17/h4,6-7,10,13-14,16,18H,2-3,5,8-9,11H2,1H3. The van der Waals surface area contributed by atoms with Crippen molar-refractivity contribution in [3.05, 3.63) is 29.8 Å². The normalized spacial score (nSPS) is 33.1. The predicted octanol–water partition coefficient (Wildman–Crippen LogP) is 3.37. The number of likely N-dealkylation sites (tertiary alicyclic amines) is 1. The van der Waals surface area contributed by atoms with Crippen molar-refractivity contribution in [2.75, 3.05) is 13.6 Å². The molecule has 1 N–H and O–H groups in total. The smallest absolute Gasteiger partial charge is 0.115 e. The number of hydrogen-bond donors (Lipinski definition) is 1. The van der Waals surface area contributed by atoms with E-state index in [-0.39, 0.29) is 0 Å². The molecule has 3 rings (SSSR count). The van der Waals surface area contributed by atoms with E-state index < -0.39 is 0 Å². The lowest BCUT2D eigenvalue weighted by Crippen LogP contribution is -2.47. The van der Waals surface area contributed by atoms with Gasteiger partial charge in [-0.1, -0.05) is 25.0 Å². The quantitative estimate of drug-likeness (QED) is 0.820. The molecule has 0 amide bonds. The minimum atomic E-state index is 0.404. The summed E-state index contributed by atoms with van der Waals surface area (Å²) in [5, 5.41) is 9.63. The molecular formula is C16H23NO. The van der Waals surface area contributed by atoms with Gasteiger partial charge >= 0.3 is 0 Å². The summed E-state index contributed by atoms with van der Waals surface area (Å²) in [5.41, 5.74) is 1.31. The van der Waals surface area contributed by atoms with Gasteiger partial charge in [0.1, 0.15) is 5.75 Å². The summed E-state index contributed by atoms with van der Waals surface area (Å²) in [7, 11) is 2.28. The van der Waals surface area contributed by atoms with Crippen molar-refractivity contribution in [2.24, 2.45) is 5.92 Å². The molecular weight excluding hydrogens is 222 g/mol. The number of nitrogens with zero attached hydrogens (tertiary/aromatic N) is 1. The molecule has 3 unspecified atom stereocenters. The van der Waals surface area contributed by atoms with Gasteiger partial charge in [0.25, 0.3) is 0 Å². The summed E-state index contributed by atoms with van der Waals surface area (Å²) >= 11 is 0. The molecule has 0 aromatic heterocycles. The van der Waals surface area contributed by atoms with E-state index in [1.54, 1.807) is 6.07 Å².